The largest absolute Gasteiger partial charge is 0.318 e. The lowest BCUT2D eigenvalue weighted by molar-refractivity contribution is 0.561. The standard InChI is InChI=1S/C9H10NO3S/c1-2-14(12,13)9-5-3-8(4-6-9)10-7-11/h3-6H,2H2,1H3,(H,10,11). The summed E-state index contributed by atoms with van der Waals surface area (Å²) in [6, 6.07) is 5.96. The van der Waals surface area contributed by atoms with Gasteiger partial charge in [0.1, 0.15) is 0 Å². The van der Waals surface area contributed by atoms with Crippen molar-refractivity contribution in [2.45, 2.75) is 11.8 Å². The monoisotopic (exact) mass is 212 g/mol. The second kappa shape index (κ2) is 4.23. The van der Waals surface area contributed by atoms with Gasteiger partial charge < -0.3 is 5.32 Å². The third-order valence-electron chi connectivity index (χ3n) is 1.79. The van der Waals surface area contributed by atoms with Crippen molar-refractivity contribution in [1.29, 1.82) is 0 Å². The first kappa shape index (κ1) is 10.7. The molecule has 0 atom stereocenters. The molecule has 4 nitrogen and oxygen atoms in total. The SMILES string of the molecule is CCS(=O)(=O)c1ccc(N[C]=O)cc1. The van der Waals surface area contributed by atoms with E-state index in [-0.39, 0.29) is 10.6 Å². The zero-order valence-electron chi connectivity index (χ0n) is 7.65. The number of sulfone groups is 1. The van der Waals surface area contributed by atoms with Crippen LogP contribution in [0.3, 0.4) is 0 Å². The van der Waals surface area contributed by atoms with Crippen molar-refractivity contribution in [2.24, 2.45) is 0 Å². The lowest BCUT2D eigenvalue weighted by Gasteiger charge is -2.02. The van der Waals surface area contributed by atoms with E-state index < -0.39 is 9.84 Å². The Hall–Kier alpha value is -1.36. The summed E-state index contributed by atoms with van der Waals surface area (Å²) in [4.78, 5) is 10.2. The van der Waals surface area contributed by atoms with Gasteiger partial charge in [-0.2, -0.15) is 0 Å². The second-order valence-corrected chi connectivity index (χ2v) is 4.93. The summed E-state index contributed by atoms with van der Waals surface area (Å²) in [6.07, 6.45) is 1.51. The Morgan fingerprint density at radius 3 is 2.29 bits per heavy atom. The molecule has 14 heavy (non-hydrogen) atoms. The van der Waals surface area contributed by atoms with E-state index in [4.69, 9.17) is 0 Å². The first-order valence-corrected chi connectivity index (χ1v) is 5.71. The van der Waals surface area contributed by atoms with Crippen LogP contribution in [0.15, 0.2) is 29.2 Å². The number of amides is 1. The number of nitrogens with one attached hydrogen (secondary N) is 1. The Morgan fingerprint density at radius 2 is 1.86 bits per heavy atom. The van der Waals surface area contributed by atoms with Gasteiger partial charge >= 0.3 is 6.41 Å². The summed E-state index contributed by atoms with van der Waals surface area (Å²) in [5.41, 5.74) is 0.523. The van der Waals surface area contributed by atoms with Gasteiger partial charge in [0.2, 0.25) is 0 Å². The average Bonchev–Trinajstić information content (AvgIpc) is 2.19. The summed E-state index contributed by atoms with van der Waals surface area (Å²) in [5.74, 6) is 0.0690. The van der Waals surface area contributed by atoms with Crippen LogP contribution in [-0.2, 0) is 14.6 Å². The topological polar surface area (TPSA) is 63.2 Å². The van der Waals surface area contributed by atoms with Gasteiger partial charge in [0.15, 0.2) is 9.84 Å². The van der Waals surface area contributed by atoms with E-state index in [1.165, 1.54) is 30.7 Å². The molecule has 1 radical (unpaired) electrons. The second-order valence-electron chi connectivity index (χ2n) is 2.65. The van der Waals surface area contributed by atoms with E-state index in [0.29, 0.717) is 5.69 Å². The van der Waals surface area contributed by atoms with Crippen LogP contribution in [0.1, 0.15) is 6.92 Å². The van der Waals surface area contributed by atoms with Gasteiger partial charge in [-0.25, -0.2) is 8.42 Å². The summed E-state index contributed by atoms with van der Waals surface area (Å²) < 4.78 is 22.7. The van der Waals surface area contributed by atoms with Crippen molar-refractivity contribution < 1.29 is 13.2 Å². The fraction of sp³-hybridized carbons (Fsp3) is 0.222. The highest BCUT2D eigenvalue weighted by Crippen LogP contribution is 2.14. The van der Waals surface area contributed by atoms with Crippen molar-refractivity contribution in [2.75, 3.05) is 11.1 Å². The van der Waals surface area contributed by atoms with Crippen LogP contribution >= 0.6 is 0 Å². The molecule has 1 rings (SSSR count). The zero-order chi connectivity index (χ0) is 10.6. The van der Waals surface area contributed by atoms with Gasteiger partial charge in [-0.3, -0.25) is 4.79 Å². The molecule has 5 heteroatoms. The molecule has 0 saturated carbocycles. The predicted octanol–water partition coefficient (Wildman–Crippen LogP) is 0.959. The van der Waals surface area contributed by atoms with Gasteiger partial charge in [0, 0.05) is 5.69 Å². The van der Waals surface area contributed by atoms with Crippen molar-refractivity contribution in [1.82, 2.24) is 0 Å². The summed E-state index contributed by atoms with van der Waals surface area (Å²) >= 11 is 0. The third-order valence-corrected chi connectivity index (χ3v) is 3.54. The molecule has 1 amide bonds. The minimum absolute atomic E-state index is 0.0690. The Kier molecular flexibility index (Phi) is 3.24. The number of hydrogen-bond donors (Lipinski definition) is 1. The van der Waals surface area contributed by atoms with E-state index >= 15 is 0 Å². The molecule has 0 aliphatic heterocycles. The normalized spacial score (nSPS) is 10.9. The number of benzene rings is 1. The van der Waals surface area contributed by atoms with Crippen LogP contribution in [0.25, 0.3) is 0 Å². The molecular formula is C9H10NO3S. The van der Waals surface area contributed by atoms with Crippen LogP contribution < -0.4 is 5.32 Å². The summed E-state index contributed by atoms with van der Waals surface area (Å²) in [7, 11) is -3.16. The van der Waals surface area contributed by atoms with Crippen LogP contribution in [-0.4, -0.2) is 20.6 Å². The Bertz CT molecular complexity index is 408. The summed E-state index contributed by atoms with van der Waals surface area (Å²) in [6.45, 7) is 1.58. The number of anilines is 1. The van der Waals surface area contributed by atoms with Gasteiger partial charge in [-0.1, -0.05) is 6.92 Å². The van der Waals surface area contributed by atoms with E-state index in [2.05, 4.69) is 5.32 Å². The maximum atomic E-state index is 11.4. The maximum absolute atomic E-state index is 11.4. The van der Waals surface area contributed by atoms with E-state index in [1.807, 2.05) is 0 Å². The molecule has 0 heterocycles. The van der Waals surface area contributed by atoms with E-state index in [0.717, 1.165) is 0 Å². The zero-order valence-corrected chi connectivity index (χ0v) is 8.47. The summed E-state index contributed by atoms with van der Waals surface area (Å²) in [5, 5.41) is 2.30. The molecule has 0 saturated heterocycles. The van der Waals surface area contributed by atoms with Crippen LogP contribution in [0.5, 0.6) is 0 Å². The fourth-order valence-electron chi connectivity index (χ4n) is 0.971. The molecule has 0 spiro atoms. The van der Waals surface area contributed by atoms with Crippen LogP contribution in [0.2, 0.25) is 0 Å². The smallest absolute Gasteiger partial charge is 0.314 e. The van der Waals surface area contributed by atoms with Crippen LogP contribution in [0, 0.1) is 0 Å². The molecule has 0 aliphatic rings. The van der Waals surface area contributed by atoms with Crippen molar-refractivity contribution in [3.8, 4) is 0 Å². The first-order valence-electron chi connectivity index (χ1n) is 4.06. The van der Waals surface area contributed by atoms with E-state index in [9.17, 15) is 13.2 Å². The van der Waals surface area contributed by atoms with Gasteiger partial charge in [-0.05, 0) is 24.3 Å². The molecule has 0 aliphatic carbocycles. The van der Waals surface area contributed by atoms with Gasteiger partial charge in [0.05, 0.1) is 10.6 Å². The highest BCUT2D eigenvalue weighted by molar-refractivity contribution is 7.91. The molecule has 1 N–H and O–H groups in total. The minimum Gasteiger partial charge on any atom is -0.318 e. The quantitative estimate of drug-likeness (QED) is 0.756. The maximum Gasteiger partial charge on any atom is 0.314 e. The van der Waals surface area contributed by atoms with Gasteiger partial charge in [-0.15, -0.1) is 0 Å². The molecule has 0 unspecified atom stereocenters. The lowest BCUT2D eigenvalue weighted by Crippen LogP contribution is -2.03. The van der Waals surface area contributed by atoms with E-state index in [1.54, 1.807) is 6.92 Å². The van der Waals surface area contributed by atoms with Crippen molar-refractivity contribution >= 4 is 21.9 Å². The average molecular weight is 212 g/mol. The fourth-order valence-corrected chi connectivity index (χ4v) is 1.86. The number of rotatable bonds is 4. The minimum atomic E-state index is -3.16. The Balaban J connectivity index is 3.00. The van der Waals surface area contributed by atoms with Gasteiger partial charge in [0.25, 0.3) is 0 Å². The highest BCUT2D eigenvalue weighted by Gasteiger charge is 2.10. The Labute approximate surface area is 82.9 Å². The highest BCUT2D eigenvalue weighted by atomic mass is 32.2. The van der Waals surface area contributed by atoms with Crippen molar-refractivity contribution in [3.05, 3.63) is 24.3 Å². The Morgan fingerprint density at radius 1 is 1.29 bits per heavy atom. The number of carbonyl (C=O) groups excluding carboxylic acids is 1. The lowest BCUT2D eigenvalue weighted by atomic mass is 10.3. The van der Waals surface area contributed by atoms with Crippen LogP contribution in [0.4, 0.5) is 5.69 Å². The predicted molar refractivity (Wildman–Crippen MR) is 53.5 cm³/mol. The molecule has 0 aromatic heterocycles. The third kappa shape index (κ3) is 2.32. The molecule has 0 fully saturated rings. The first-order chi connectivity index (χ1) is 6.60. The molecule has 75 valence electrons. The molecule has 0 bridgehead atoms. The molecule has 1 aromatic carbocycles. The van der Waals surface area contributed by atoms with Crippen molar-refractivity contribution in [3.63, 3.8) is 0 Å². The molecular weight excluding hydrogens is 202 g/mol. The molecule has 1 aromatic rings. The number of hydrogen-bond acceptors (Lipinski definition) is 3.